The molecule has 49 heavy (non-hydrogen) atoms. The molecule has 3 fully saturated rings. The van der Waals surface area contributed by atoms with Crippen LogP contribution in [0, 0.1) is 33.7 Å². The van der Waals surface area contributed by atoms with E-state index in [1.165, 1.54) is 49.6 Å². The number of halogens is 5. The third-order valence-corrected chi connectivity index (χ3v) is 13.5. The Morgan fingerprint density at radius 2 is 1.55 bits per heavy atom. The molecular formula is C33H22Br2Cl2FN3O8. The number of phenols is 1. The second-order valence-electron chi connectivity index (χ2n) is 12.2. The Balaban J connectivity index is 1.42. The average Bonchev–Trinajstić information content (AvgIpc) is 3.42. The number of ether oxygens (including phenoxy) is 1. The Labute approximate surface area is 304 Å². The molecule has 1 saturated carbocycles. The molecule has 2 aliphatic carbocycles. The van der Waals surface area contributed by atoms with Gasteiger partial charge >= 0.3 is 0 Å². The van der Waals surface area contributed by atoms with Gasteiger partial charge in [-0.05, 0) is 98.6 Å². The van der Waals surface area contributed by atoms with Gasteiger partial charge in [0.25, 0.3) is 17.5 Å². The molecule has 4 amide bonds. The highest BCUT2D eigenvalue weighted by Gasteiger charge is 2.77. The van der Waals surface area contributed by atoms with E-state index in [0.29, 0.717) is 11.1 Å². The second kappa shape index (κ2) is 11.6. The van der Waals surface area contributed by atoms with Crippen molar-refractivity contribution >= 4 is 95.8 Å². The fourth-order valence-corrected chi connectivity index (χ4v) is 9.58. The summed E-state index contributed by atoms with van der Waals surface area (Å²) in [6.45, 7) is 0. The monoisotopic (exact) mass is 835 g/mol. The summed E-state index contributed by atoms with van der Waals surface area (Å²) >= 11 is 21.7. The van der Waals surface area contributed by atoms with Crippen LogP contribution in [-0.4, -0.2) is 50.5 Å². The molecule has 16 heteroatoms. The smallest absolute Gasteiger partial charge is 0.269 e. The quantitative estimate of drug-likeness (QED) is 0.0978. The van der Waals surface area contributed by atoms with Crippen LogP contribution in [0.2, 0.25) is 0 Å². The van der Waals surface area contributed by atoms with Gasteiger partial charge in [0.05, 0.1) is 39.7 Å². The molecule has 1 N–H and O–H groups in total. The van der Waals surface area contributed by atoms with Crippen molar-refractivity contribution in [1.29, 1.82) is 0 Å². The van der Waals surface area contributed by atoms with Gasteiger partial charge in [0.1, 0.15) is 5.82 Å². The van der Waals surface area contributed by atoms with Crippen LogP contribution < -0.4 is 14.5 Å². The van der Waals surface area contributed by atoms with E-state index in [9.17, 15) is 38.8 Å². The average molecular weight is 838 g/mol. The van der Waals surface area contributed by atoms with E-state index >= 15 is 0 Å². The second-order valence-corrected chi connectivity index (χ2v) is 15.0. The van der Waals surface area contributed by atoms with Crippen molar-refractivity contribution < 1.29 is 38.3 Å². The van der Waals surface area contributed by atoms with Crippen LogP contribution in [0.25, 0.3) is 0 Å². The van der Waals surface area contributed by atoms with Gasteiger partial charge in [-0.15, -0.1) is 23.2 Å². The summed E-state index contributed by atoms with van der Waals surface area (Å²) in [5.74, 6) is -7.78. The summed E-state index contributed by atoms with van der Waals surface area (Å²) in [7, 11) is 1.33. The molecule has 0 bridgehead atoms. The molecule has 252 valence electrons. The number of benzene rings is 3. The summed E-state index contributed by atoms with van der Waals surface area (Å²) in [5.41, 5.74) is 0.710. The van der Waals surface area contributed by atoms with Gasteiger partial charge in [-0.3, -0.25) is 34.2 Å². The number of methoxy groups -OCH3 is 1. The van der Waals surface area contributed by atoms with Crippen molar-refractivity contribution in [3.05, 3.63) is 96.7 Å². The van der Waals surface area contributed by atoms with Crippen molar-refractivity contribution in [3.8, 4) is 11.5 Å². The first-order valence-corrected chi connectivity index (χ1v) is 17.1. The largest absolute Gasteiger partial charge is 0.503 e. The molecule has 3 aromatic carbocycles. The van der Waals surface area contributed by atoms with Gasteiger partial charge in [0, 0.05) is 22.5 Å². The van der Waals surface area contributed by atoms with Crippen molar-refractivity contribution in [2.45, 2.75) is 28.5 Å². The Hall–Kier alpha value is -3.85. The van der Waals surface area contributed by atoms with Gasteiger partial charge in [-0.1, -0.05) is 11.6 Å². The van der Waals surface area contributed by atoms with Crippen LogP contribution in [-0.2, 0) is 19.2 Å². The highest BCUT2D eigenvalue weighted by molar-refractivity contribution is 9.13. The molecule has 0 aromatic heterocycles. The van der Waals surface area contributed by atoms with E-state index in [0.717, 1.165) is 21.9 Å². The minimum atomic E-state index is -2.22. The van der Waals surface area contributed by atoms with Crippen LogP contribution in [0.1, 0.15) is 24.3 Å². The van der Waals surface area contributed by atoms with Crippen LogP contribution in [0.15, 0.2) is 75.2 Å². The first kappa shape index (κ1) is 33.6. The number of hydrogen-bond donors (Lipinski definition) is 1. The number of anilines is 2. The predicted octanol–water partition coefficient (Wildman–Crippen LogP) is 6.74. The molecule has 2 aliphatic heterocycles. The molecule has 7 rings (SSSR count). The normalized spacial score (nSPS) is 29.1. The number of nitrogens with zero attached hydrogens (tertiary/aromatic N) is 3. The number of hydrogen-bond acceptors (Lipinski definition) is 8. The number of carbonyl (C=O) groups excluding carboxylic acids is 4. The van der Waals surface area contributed by atoms with Gasteiger partial charge < -0.3 is 9.84 Å². The maximum atomic E-state index is 14.6. The van der Waals surface area contributed by atoms with Crippen molar-refractivity contribution in [2.24, 2.45) is 17.8 Å². The minimum absolute atomic E-state index is 0.00514. The van der Waals surface area contributed by atoms with Crippen LogP contribution >= 0.6 is 55.1 Å². The molecule has 11 nitrogen and oxygen atoms in total. The highest BCUT2D eigenvalue weighted by atomic mass is 79.9. The molecule has 0 spiro atoms. The minimum Gasteiger partial charge on any atom is -0.503 e. The topological polar surface area (TPSA) is 147 Å². The first-order valence-electron chi connectivity index (χ1n) is 14.8. The van der Waals surface area contributed by atoms with Gasteiger partial charge in [-0.2, -0.15) is 0 Å². The Morgan fingerprint density at radius 3 is 2.16 bits per heavy atom. The lowest BCUT2D eigenvalue weighted by Crippen LogP contribution is -2.60. The molecule has 0 unspecified atom stereocenters. The summed E-state index contributed by atoms with van der Waals surface area (Å²) in [5, 5.41) is 22.0. The number of phenolic OH excluding ortho intramolecular Hbond substituents is 1. The number of allylic oxidation sites excluding steroid dienone is 2. The fourth-order valence-electron chi connectivity index (χ4n) is 7.70. The van der Waals surface area contributed by atoms with Gasteiger partial charge in [0.2, 0.25) is 11.8 Å². The summed E-state index contributed by atoms with van der Waals surface area (Å²) in [6.07, 6.45) is 1.49. The Kier molecular flexibility index (Phi) is 7.97. The van der Waals surface area contributed by atoms with Crippen LogP contribution in [0.3, 0.4) is 0 Å². The summed E-state index contributed by atoms with van der Waals surface area (Å²) in [4.78, 5) is 65.1. The zero-order valence-electron chi connectivity index (χ0n) is 25.0. The highest BCUT2D eigenvalue weighted by Crippen LogP contribution is 2.67. The number of nitro groups is 1. The molecule has 0 radical (unpaired) electrons. The number of fused-ring (bicyclic) bond motifs is 4. The summed E-state index contributed by atoms with van der Waals surface area (Å²) < 4.78 is 19.7. The SMILES string of the molecule is COc1cc([C@H]2C3=CC[C@@H]4C(=O)N(c5ccc([N+](=O)[O-])cc5)C(=O)[C@@H]4[C@@H]3C[C@@]3(Cl)C(=O)N(c4ccc(F)cc4)C(=O)[C@@]23Cl)c(Br)c(Br)c1O. The summed E-state index contributed by atoms with van der Waals surface area (Å²) in [6, 6.07) is 11.1. The van der Waals surface area contributed by atoms with E-state index in [-0.39, 0.29) is 50.3 Å². The van der Waals surface area contributed by atoms with Gasteiger partial charge in [0.15, 0.2) is 21.2 Å². The third kappa shape index (κ3) is 4.56. The molecular weight excluding hydrogens is 816 g/mol. The van der Waals surface area contributed by atoms with E-state index in [1.807, 2.05) is 0 Å². The van der Waals surface area contributed by atoms with E-state index in [1.54, 1.807) is 6.08 Å². The van der Waals surface area contributed by atoms with Gasteiger partial charge in [-0.25, -0.2) is 9.29 Å². The number of rotatable bonds is 5. The fraction of sp³-hybridized carbons (Fsp3) is 0.273. The Bertz CT molecular complexity index is 2050. The number of aromatic hydroxyl groups is 1. The number of alkyl halides is 2. The van der Waals surface area contributed by atoms with Crippen molar-refractivity contribution in [3.63, 3.8) is 0 Å². The molecule has 6 atom stereocenters. The lowest BCUT2D eigenvalue weighted by atomic mass is 9.56. The van der Waals surface area contributed by atoms with E-state index < -0.39 is 67.8 Å². The van der Waals surface area contributed by atoms with Crippen LogP contribution in [0.5, 0.6) is 11.5 Å². The molecule has 3 aromatic rings. The number of imide groups is 2. The Morgan fingerprint density at radius 1 is 0.939 bits per heavy atom. The molecule has 2 saturated heterocycles. The standard InChI is InChI=1S/C33H22Br2Cl2FN3O8/c1-49-22-12-20(25(34)26(35)27(22)42)24-18-10-11-19-23(29(44)39(28(19)43)15-6-8-17(9-7-15)41(47)48)21(18)13-32(36)30(45)40(31(46)33(24,32)37)16-4-2-14(38)3-5-16/h2-10,12,19,21,23-24,42H,11,13H2,1H3/t19-,21+,23-,24+,32+,33-/m0/s1. The maximum absolute atomic E-state index is 14.6. The number of carbonyl (C=O) groups is 4. The number of amides is 4. The lowest BCUT2D eigenvalue weighted by molar-refractivity contribution is -0.384. The molecule has 2 heterocycles. The van der Waals surface area contributed by atoms with E-state index in [4.69, 9.17) is 27.9 Å². The van der Waals surface area contributed by atoms with Crippen molar-refractivity contribution in [2.75, 3.05) is 16.9 Å². The van der Waals surface area contributed by atoms with Crippen molar-refractivity contribution in [1.82, 2.24) is 0 Å². The third-order valence-electron chi connectivity index (χ3n) is 9.92. The zero-order valence-corrected chi connectivity index (χ0v) is 29.7. The molecule has 4 aliphatic rings. The maximum Gasteiger partial charge on any atom is 0.269 e. The predicted molar refractivity (Wildman–Crippen MR) is 182 cm³/mol. The first-order chi connectivity index (χ1) is 23.2. The zero-order chi connectivity index (χ0) is 35.3. The number of nitro benzene ring substituents is 1. The van der Waals surface area contributed by atoms with E-state index in [2.05, 4.69) is 31.9 Å². The number of non-ortho nitro benzene ring substituents is 1. The lowest BCUT2D eigenvalue weighted by Gasteiger charge is -2.51. The van der Waals surface area contributed by atoms with Crippen LogP contribution in [0.4, 0.5) is 21.5 Å².